The number of anilines is 1. The molecule has 1 fully saturated rings. The molecule has 2 rings (SSSR count). The Morgan fingerprint density at radius 1 is 1.57 bits per heavy atom. The van der Waals surface area contributed by atoms with E-state index in [-0.39, 0.29) is 11.9 Å². The summed E-state index contributed by atoms with van der Waals surface area (Å²) in [7, 11) is 1.77. The molecule has 1 N–H and O–H groups in total. The molecule has 1 aliphatic heterocycles. The van der Waals surface area contributed by atoms with Crippen LogP contribution in [-0.2, 0) is 4.79 Å². The van der Waals surface area contributed by atoms with E-state index in [9.17, 15) is 9.59 Å². The summed E-state index contributed by atoms with van der Waals surface area (Å²) in [6, 6.07) is 3.03. The van der Waals surface area contributed by atoms with Crippen molar-refractivity contribution in [3.63, 3.8) is 0 Å². The minimum atomic E-state index is -0.462. The van der Waals surface area contributed by atoms with Gasteiger partial charge in [-0.25, -0.2) is 4.79 Å². The predicted octanol–water partition coefficient (Wildman–Crippen LogP) is 2.26. The monoisotopic (exact) mass is 318 g/mol. The van der Waals surface area contributed by atoms with Crippen molar-refractivity contribution in [2.24, 2.45) is 5.92 Å². The molecule has 0 unspecified atom stereocenters. The number of urea groups is 1. The first-order valence-electron chi connectivity index (χ1n) is 8.26. The number of carbonyl (C=O) groups excluding carboxylic acids is 2. The number of nitrogens with zero attached hydrogens (tertiary/aromatic N) is 3. The number of pyridine rings is 1. The van der Waals surface area contributed by atoms with E-state index in [0.717, 1.165) is 18.5 Å². The van der Waals surface area contributed by atoms with Crippen molar-refractivity contribution in [2.75, 3.05) is 25.0 Å². The maximum atomic E-state index is 12.6. The van der Waals surface area contributed by atoms with Gasteiger partial charge in [-0.2, -0.15) is 0 Å². The molecular formula is C17H26N4O2. The molecule has 0 bridgehead atoms. The van der Waals surface area contributed by atoms with Crippen molar-refractivity contribution in [1.29, 1.82) is 0 Å². The average molecular weight is 318 g/mol. The van der Waals surface area contributed by atoms with Gasteiger partial charge >= 0.3 is 6.03 Å². The number of amides is 3. The van der Waals surface area contributed by atoms with Crippen LogP contribution >= 0.6 is 0 Å². The second-order valence-electron chi connectivity index (χ2n) is 6.24. The number of hydrogen-bond donors (Lipinski definition) is 1. The first-order chi connectivity index (χ1) is 11.0. The van der Waals surface area contributed by atoms with Gasteiger partial charge in [0.2, 0.25) is 5.91 Å². The van der Waals surface area contributed by atoms with Crippen molar-refractivity contribution in [3.05, 3.63) is 24.5 Å². The average Bonchev–Trinajstić information content (AvgIpc) is 2.57. The summed E-state index contributed by atoms with van der Waals surface area (Å²) >= 11 is 0. The Hall–Kier alpha value is -2.11. The fourth-order valence-electron chi connectivity index (χ4n) is 2.72. The van der Waals surface area contributed by atoms with E-state index >= 15 is 0 Å². The fourth-order valence-corrected chi connectivity index (χ4v) is 2.72. The van der Waals surface area contributed by atoms with Gasteiger partial charge < -0.3 is 15.1 Å². The Morgan fingerprint density at radius 3 is 3.00 bits per heavy atom. The molecule has 23 heavy (non-hydrogen) atoms. The van der Waals surface area contributed by atoms with Crippen molar-refractivity contribution in [3.8, 4) is 0 Å². The van der Waals surface area contributed by atoms with Crippen LogP contribution in [0.2, 0.25) is 0 Å². The third-order valence-electron chi connectivity index (χ3n) is 4.32. The third-order valence-corrected chi connectivity index (χ3v) is 4.32. The number of rotatable bonds is 5. The van der Waals surface area contributed by atoms with Crippen LogP contribution in [0, 0.1) is 5.92 Å². The molecule has 2 heterocycles. The predicted molar refractivity (Wildman–Crippen MR) is 90.2 cm³/mol. The highest BCUT2D eigenvalue weighted by Gasteiger charge is 2.31. The van der Waals surface area contributed by atoms with Crippen LogP contribution in [0.4, 0.5) is 10.5 Å². The topological polar surface area (TPSA) is 65.5 Å². The van der Waals surface area contributed by atoms with E-state index < -0.39 is 6.04 Å². The summed E-state index contributed by atoms with van der Waals surface area (Å²) in [5, 5.41) is 2.87. The highest BCUT2D eigenvalue weighted by Crippen LogP contribution is 2.20. The van der Waals surface area contributed by atoms with Crippen molar-refractivity contribution in [1.82, 2.24) is 15.2 Å². The van der Waals surface area contributed by atoms with Crippen LogP contribution in [0.3, 0.4) is 0 Å². The van der Waals surface area contributed by atoms with Crippen LogP contribution in [0.1, 0.15) is 33.1 Å². The van der Waals surface area contributed by atoms with Gasteiger partial charge in [-0.3, -0.25) is 9.78 Å². The van der Waals surface area contributed by atoms with Crippen molar-refractivity contribution < 1.29 is 9.59 Å². The zero-order valence-electron chi connectivity index (χ0n) is 14.2. The second kappa shape index (κ2) is 7.94. The molecule has 3 amide bonds. The van der Waals surface area contributed by atoms with E-state index in [1.807, 2.05) is 12.1 Å². The standard InChI is InChI=1S/C17H26N4O2/c1-4-13(2)12-20(3)17(23)19-15-8-6-10-21(16(15)22)14-7-5-9-18-11-14/h5,7,9,11,13,15H,4,6,8,10,12H2,1-3H3,(H,19,23)/t13-,15+/m1/s1. The minimum absolute atomic E-state index is 0.0606. The molecule has 2 atom stereocenters. The summed E-state index contributed by atoms with van der Waals surface area (Å²) in [5.41, 5.74) is 0.782. The van der Waals surface area contributed by atoms with E-state index in [1.54, 1.807) is 29.2 Å². The lowest BCUT2D eigenvalue weighted by Gasteiger charge is -2.33. The third kappa shape index (κ3) is 4.43. The van der Waals surface area contributed by atoms with Gasteiger partial charge in [-0.15, -0.1) is 0 Å². The summed E-state index contributed by atoms with van der Waals surface area (Å²) in [4.78, 5) is 32.3. The molecule has 1 aromatic rings. The molecule has 0 spiro atoms. The lowest BCUT2D eigenvalue weighted by Crippen LogP contribution is -2.55. The number of hydrogen-bond acceptors (Lipinski definition) is 3. The Bertz CT molecular complexity index is 535. The molecule has 6 heteroatoms. The fraction of sp³-hybridized carbons (Fsp3) is 0.588. The quantitative estimate of drug-likeness (QED) is 0.905. The molecule has 0 aliphatic carbocycles. The van der Waals surface area contributed by atoms with Crippen LogP contribution in [0.15, 0.2) is 24.5 Å². The summed E-state index contributed by atoms with van der Waals surface area (Å²) in [6.45, 7) is 5.57. The zero-order valence-corrected chi connectivity index (χ0v) is 14.2. The number of carbonyl (C=O) groups is 2. The van der Waals surface area contributed by atoms with Crippen LogP contribution in [0.25, 0.3) is 0 Å². The Labute approximate surface area is 137 Å². The minimum Gasteiger partial charge on any atom is -0.328 e. The Morgan fingerprint density at radius 2 is 2.35 bits per heavy atom. The number of aromatic nitrogens is 1. The normalized spacial score (nSPS) is 19.3. The van der Waals surface area contributed by atoms with Crippen molar-refractivity contribution in [2.45, 2.75) is 39.2 Å². The SMILES string of the molecule is CC[C@@H](C)CN(C)C(=O)N[C@H]1CCCN(c2cccnc2)C1=O. The Balaban J connectivity index is 1.97. The lowest BCUT2D eigenvalue weighted by atomic mass is 10.0. The zero-order chi connectivity index (χ0) is 16.8. The molecule has 0 saturated carbocycles. The van der Waals surface area contributed by atoms with Gasteiger partial charge in [0.1, 0.15) is 6.04 Å². The van der Waals surface area contributed by atoms with Gasteiger partial charge in [0.25, 0.3) is 0 Å². The maximum Gasteiger partial charge on any atom is 0.317 e. The van der Waals surface area contributed by atoms with Crippen LogP contribution in [0.5, 0.6) is 0 Å². The first kappa shape index (κ1) is 17.2. The van der Waals surface area contributed by atoms with E-state index in [1.165, 1.54) is 0 Å². The van der Waals surface area contributed by atoms with Gasteiger partial charge in [-0.1, -0.05) is 20.3 Å². The summed E-state index contributed by atoms with van der Waals surface area (Å²) < 4.78 is 0. The molecule has 1 aromatic heterocycles. The molecule has 126 valence electrons. The lowest BCUT2D eigenvalue weighted by molar-refractivity contribution is -0.121. The Kier molecular flexibility index (Phi) is 5.96. The van der Waals surface area contributed by atoms with E-state index in [4.69, 9.17) is 0 Å². The van der Waals surface area contributed by atoms with E-state index in [0.29, 0.717) is 25.4 Å². The first-order valence-corrected chi connectivity index (χ1v) is 8.26. The molecule has 1 saturated heterocycles. The molecule has 0 aromatic carbocycles. The van der Waals surface area contributed by atoms with Crippen LogP contribution < -0.4 is 10.2 Å². The summed E-state index contributed by atoms with van der Waals surface area (Å²) in [5.74, 6) is 0.384. The van der Waals surface area contributed by atoms with E-state index in [2.05, 4.69) is 24.1 Å². The van der Waals surface area contributed by atoms with Gasteiger partial charge in [0.05, 0.1) is 11.9 Å². The second-order valence-corrected chi connectivity index (χ2v) is 6.24. The van der Waals surface area contributed by atoms with Gasteiger partial charge in [0.15, 0.2) is 0 Å². The molecule has 0 radical (unpaired) electrons. The van der Waals surface area contributed by atoms with Gasteiger partial charge in [0, 0.05) is 26.3 Å². The van der Waals surface area contributed by atoms with Gasteiger partial charge in [-0.05, 0) is 30.9 Å². The largest absolute Gasteiger partial charge is 0.328 e. The highest BCUT2D eigenvalue weighted by molar-refractivity contribution is 5.99. The number of piperidine rings is 1. The summed E-state index contributed by atoms with van der Waals surface area (Å²) in [6.07, 6.45) is 5.92. The number of nitrogens with one attached hydrogen (secondary N) is 1. The maximum absolute atomic E-state index is 12.6. The van der Waals surface area contributed by atoms with Crippen molar-refractivity contribution >= 4 is 17.6 Å². The molecule has 6 nitrogen and oxygen atoms in total. The molecule has 1 aliphatic rings. The smallest absolute Gasteiger partial charge is 0.317 e. The highest BCUT2D eigenvalue weighted by atomic mass is 16.2. The molecular weight excluding hydrogens is 292 g/mol. The van der Waals surface area contributed by atoms with Crippen LogP contribution in [-0.4, -0.2) is 48.0 Å².